The average molecular weight is 366 g/mol. The lowest BCUT2D eigenvalue weighted by Crippen LogP contribution is -2.23. The topological polar surface area (TPSA) is 58.6 Å². The van der Waals surface area contributed by atoms with Crippen LogP contribution >= 0.6 is 0 Å². The molecule has 0 atom stereocenters. The highest BCUT2D eigenvalue weighted by atomic mass is 19.4. The van der Waals surface area contributed by atoms with E-state index in [0.29, 0.717) is 11.3 Å². The van der Waals surface area contributed by atoms with E-state index in [1.807, 2.05) is 0 Å². The van der Waals surface area contributed by atoms with Gasteiger partial charge in [0.2, 0.25) is 0 Å². The summed E-state index contributed by atoms with van der Waals surface area (Å²) in [7, 11) is 3.22. The Morgan fingerprint density at radius 2 is 1.77 bits per heavy atom. The van der Waals surface area contributed by atoms with Crippen LogP contribution in [0.2, 0.25) is 0 Å². The van der Waals surface area contributed by atoms with Gasteiger partial charge in [-0.25, -0.2) is 0 Å². The molecule has 0 fully saturated rings. The van der Waals surface area contributed by atoms with Gasteiger partial charge in [0.1, 0.15) is 5.75 Å². The van der Waals surface area contributed by atoms with Crippen molar-refractivity contribution < 1.29 is 27.5 Å². The highest BCUT2D eigenvalue weighted by Gasteiger charge is 2.30. The number of amides is 2. The minimum absolute atomic E-state index is 0.0634. The quantitative estimate of drug-likeness (QED) is 0.882. The highest BCUT2D eigenvalue weighted by molar-refractivity contribution is 5.97. The van der Waals surface area contributed by atoms with E-state index < -0.39 is 24.3 Å². The van der Waals surface area contributed by atoms with Crippen molar-refractivity contribution in [1.29, 1.82) is 0 Å². The molecular formula is C18H17F3N2O3. The Balaban J connectivity index is 1.98. The molecule has 0 spiro atoms. The Labute approximate surface area is 148 Å². The standard InChI is InChI=1S/C18H17F3N2O3/c1-23(2)17(25)12-5-3-7-14(9-12)22-16(24)11-26-15-8-4-6-13(10-15)18(19,20)21/h3-10H,11H2,1-2H3,(H,22,24). The number of hydrogen-bond acceptors (Lipinski definition) is 3. The molecule has 0 saturated carbocycles. The fourth-order valence-corrected chi connectivity index (χ4v) is 2.10. The van der Waals surface area contributed by atoms with Crippen molar-refractivity contribution in [2.45, 2.75) is 6.18 Å². The van der Waals surface area contributed by atoms with Crippen molar-refractivity contribution in [2.75, 3.05) is 26.0 Å². The number of rotatable bonds is 5. The third-order valence-electron chi connectivity index (χ3n) is 3.33. The zero-order valence-corrected chi connectivity index (χ0v) is 14.1. The van der Waals surface area contributed by atoms with Gasteiger partial charge in [-0.2, -0.15) is 13.2 Å². The number of nitrogens with one attached hydrogen (secondary N) is 1. The third kappa shape index (κ3) is 5.23. The maximum absolute atomic E-state index is 12.6. The molecular weight excluding hydrogens is 349 g/mol. The molecule has 0 saturated heterocycles. The van der Waals surface area contributed by atoms with Crippen LogP contribution < -0.4 is 10.1 Å². The van der Waals surface area contributed by atoms with Gasteiger partial charge in [-0.15, -0.1) is 0 Å². The van der Waals surface area contributed by atoms with Crippen molar-refractivity contribution in [1.82, 2.24) is 4.90 Å². The van der Waals surface area contributed by atoms with Crippen molar-refractivity contribution in [3.05, 3.63) is 59.7 Å². The van der Waals surface area contributed by atoms with Crippen molar-refractivity contribution in [3.63, 3.8) is 0 Å². The fourth-order valence-electron chi connectivity index (χ4n) is 2.10. The summed E-state index contributed by atoms with van der Waals surface area (Å²) < 4.78 is 43.0. The van der Waals surface area contributed by atoms with Gasteiger partial charge in [0.05, 0.1) is 5.56 Å². The zero-order chi connectivity index (χ0) is 19.3. The van der Waals surface area contributed by atoms with Gasteiger partial charge in [-0.3, -0.25) is 9.59 Å². The van der Waals surface area contributed by atoms with Crippen LogP contribution in [-0.2, 0) is 11.0 Å². The second kappa shape index (κ2) is 7.90. The Kier molecular flexibility index (Phi) is 5.86. The molecule has 1 N–H and O–H groups in total. The second-order valence-electron chi connectivity index (χ2n) is 5.64. The van der Waals surface area contributed by atoms with Crippen molar-refractivity contribution in [3.8, 4) is 5.75 Å². The monoisotopic (exact) mass is 366 g/mol. The second-order valence-corrected chi connectivity index (χ2v) is 5.64. The predicted octanol–water partition coefficient (Wildman–Crippen LogP) is 3.42. The third-order valence-corrected chi connectivity index (χ3v) is 3.33. The lowest BCUT2D eigenvalue weighted by Gasteiger charge is -2.12. The summed E-state index contributed by atoms with van der Waals surface area (Å²) in [6, 6.07) is 10.6. The number of hydrogen-bond donors (Lipinski definition) is 1. The molecule has 0 unspecified atom stereocenters. The van der Waals surface area contributed by atoms with Crippen LogP contribution in [0.1, 0.15) is 15.9 Å². The Bertz CT molecular complexity index is 804. The van der Waals surface area contributed by atoms with Crippen LogP contribution in [0.3, 0.4) is 0 Å². The SMILES string of the molecule is CN(C)C(=O)c1cccc(NC(=O)COc2cccc(C(F)(F)F)c2)c1. The van der Waals surface area contributed by atoms with E-state index in [-0.39, 0.29) is 11.7 Å². The zero-order valence-electron chi connectivity index (χ0n) is 14.1. The van der Waals surface area contributed by atoms with E-state index in [1.165, 1.54) is 23.1 Å². The van der Waals surface area contributed by atoms with Crippen LogP contribution in [0.5, 0.6) is 5.75 Å². The summed E-state index contributed by atoms with van der Waals surface area (Å²) in [5.41, 5.74) is -0.0766. The number of ether oxygens (including phenoxy) is 1. The molecule has 0 aromatic heterocycles. The van der Waals surface area contributed by atoms with Crippen LogP contribution in [0.4, 0.5) is 18.9 Å². The van der Waals surface area contributed by atoms with E-state index in [1.54, 1.807) is 32.3 Å². The molecule has 2 rings (SSSR count). The fraction of sp³-hybridized carbons (Fsp3) is 0.222. The average Bonchev–Trinajstić information content (AvgIpc) is 2.59. The van der Waals surface area contributed by atoms with Gasteiger partial charge >= 0.3 is 6.18 Å². The highest BCUT2D eigenvalue weighted by Crippen LogP contribution is 2.31. The molecule has 0 aliphatic rings. The molecule has 0 heterocycles. The molecule has 0 radical (unpaired) electrons. The predicted molar refractivity (Wildman–Crippen MR) is 90.0 cm³/mol. The smallest absolute Gasteiger partial charge is 0.416 e. The Morgan fingerprint density at radius 3 is 2.42 bits per heavy atom. The van der Waals surface area contributed by atoms with Crippen LogP contribution in [0, 0.1) is 0 Å². The minimum Gasteiger partial charge on any atom is -0.484 e. The van der Waals surface area contributed by atoms with E-state index in [4.69, 9.17) is 4.74 Å². The molecule has 8 heteroatoms. The number of anilines is 1. The molecule has 0 aliphatic heterocycles. The Morgan fingerprint density at radius 1 is 1.08 bits per heavy atom. The summed E-state index contributed by atoms with van der Waals surface area (Å²) in [6.45, 7) is -0.465. The first-order chi connectivity index (χ1) is 12.2. The number of alkyl halides is 3. The molecule has 138 valence electrons. The van der Waals surface area contributed by atoms with Gasteiger partial charge in [0.25, 0.3) is 11.8 Å². The number of carbonyl (C=O) groups excluding carboxylic acids is 2. The normalized spacial score (nSPS) is 11.0. The van der Waals surface area contributed by atoms with Crippen LogP contribution in [-0.4, -0.2) is 37.4 Å². The molecule has 2 aromatic rings. The molecule has 2 aromatic carbocycles. The number of carbonyl (C=O) groups is 2. The van der Waals surface area contributed by atoms with E-state index in [0.717, 1.165) is 12.1 Å². The van der Waals surface area contributed by atoms with Crippen LogP contribution in [0.15, 0.2) is 48.5 Å². The molecule has 26 heavy (non-hydrogen) atoms. The summed E-state index contributed by atoms with van der Waals surface area (Å²) in [5.74, 6) is -0.843. The van der Waals surface area contributed by atoms with E-state index in [2.05, 4.69) is 5.32 Å². The number of benzene rings is 2. The Hall–Kier alpha value is -3.03. The summed E-state index contributed by atoms with van der Waals surface area (Å²) in [5, 5.41) is 2.53. The van der Waals surface area contributed by atoms with Gasteiger partial charge in [-0.1, -0.05) is 12.1 Å². The number of nitrogens with zero attached hydrogens (tertiary/aromatic N) is 1. The van der Waals surface area contributed by atoms with Crippen molar-refractivity contribution in [2.24, 2.45) is 0 Å². The van der Waals surface area contributed by atoms with Gasteiger partial charge in [0.15, 0.2) is 6.61 Å². The molecule has 5 nitrogen and oxygen atoms in total. The van der Waals surface area contributed by atoms with Gasteiger partial charge in [0, 0.05) is 25.3 Å². The molecule has 2 amide bonds. The van der Waals surface area contributed by atoms with Gasteiger partial charge < -0.3 is 15.0 Å². The lowest BCUT2D eigenvalue weighted by molar-refractivity contribution is -0.137. The number of halogens is 3. The van der Waals surface area contributed by atoms with E-state index in [9.17, 15) is 22.8 Å². The largest absolute Gasteiger partial charge is 0.484 e. The lowest BCUT2D eigenvalue weighted by atomic mass is 10.2. The summed E-state index contributed by atoms with van der Waals surface area (Å²) in [6.07, 6.45) is -4.49. The first-order valence-electron chi connectivity index (χ1n) is 7.58. The molecule has 0 aliphatic carbocycles. The first-order valence-corrected chi connectivity index (χ1v) is 7.58. The van der Waals surface area contributed by atoms with Crippen LogP contribution in [0.25, 0.3) is 0 Å². The van der Waals surface area contributed by atoms with E-state index >= 15 is 0 Å². The summed E-state index contributed by atoms with van der Waals surface area (Å²) >= 11 is 0. The summed E-state index contributed by atoms with van der Waals surface area (Å²) in [4.78, 5) is 25.2. The maximum Gasteiger partial charge on any atom is 0.416 e. The van der Waals surface area contributed by atoms with Gasteiger partial charge in [-0.05, 0) is 36.4 Å². The minimum atomic E-state index is -4.49. The first kappa shape index (κ1) is 19.3. The maximum atomic E-state index is 12.6. The van der Waals surface area contributed by atoms with Crippen molar-refractivity contribution >= 4 is 17.5 Å². The molecule has 0 bridgehead atoms.